The van der Waals surface area contributed by atoms with Crippen molar-refractivity contribution in [1.29, 1.82) is 5.26 Å². The summed E-state index contributed by atoms with van der Waals surface area (Å²) in [6.07, 6.45) is -3.32. The third-order valence-electron chi connectivity index (χ3n) is 5.05. The molecule has 4 rings (SSSR count). The van der Waals surface area contributed by atoms with Crippen molar-refractivity contribution in [2.24, 2.45) is 0 Å². The number of hydrogen-bond acceptors (Lipinski definition) is 4. The maximum Gasteiger partial charge on any atom is 0.417 e. The fourth-order valence-corrected chi connectivity index (χ4v) is 3.94. The van der Waals surface area contributed by atoms with Gasteiger partial charge in [-0.1, -0.05) is 0 Å². The molecule has 0 bridgehead atoms. The van der Waals surface area contributed by atoms with Crippen LogP contribution < -0.4 is 0 Å². The number of imidazole rings is 1. The van der Waals surface area contributed by atoms with Gasteiger partial charge in [-0.2, -0.15) is 18.4 Å². The fourth-order valence-electron chi connectivity index (χ4n) is 3.55. The number of hydrogen-bond donors (Lipinski definition) is 1. The van der Waals surface area contributed by atoms with Gasteiger partial charge >= 0.3 is 12.1 Å². The third-order valence-corrected chi connectivity index (χ3v) is 5.42. The second kappa shape index (κ2) is 7.83. The topological polar surface area (TPSA) is 83.8 Å². The Morgan fingerprint density at radius 1 is 1.12 bits per heavy atom. The van der Waals surface area contributed by atoms with E-state index in [4.69, 9.17) is 22.6 Å². The minimum Gasteiger partial charge on any atom is -0.478 e. The predicted molar refractivity (Wildman–Crippen MR) is 113 cm³/mol. The lowest BCUT2D eigenvalue weighted by Gasteiger charge is -2.12. The van der Waals surface area contributed by atoms with Crippen LogP contribution in [-0.4, -0.2) is 25.2 Å². The number of rotatable bonds is 3. The lowest BCUT2D eigenvalue weighted by Crippen LogP contribution is -2.09. The zero-order valence-electron chi connectivity index (χ0n) is 16.7. The molecule has 0 amide bonds. The molecule has 0 fully saturated rings. The third kappa shape index (κ3) is 3.64. The van der Waals surface area contributed by atoms with E-state index in [0.29, 0.717) is 11.1 Å². The van der Waals surface area contributed by atoms with Gasteiger partial charge in [-0.3, -0.25) is 9.13 Å². The molecule has 166 valence electrons. The van der Waals surface area contributed by atoms with Crippen molar-refractivity contribution in [3.05, 3.63) is 81.5 Å². The van der Waals surface area contributed by atoms with Gasteiger partial charge in [0, 0.05) is 6.20 Å². The van der Waals surface area contributed by atoms with E-state index in [0.717, 1.165) is 24.3 Å². The summed E-state index contributed by atoms with van der Waals surface area (Å²) in [7, 11) is 0. The molecule has 2 heterocycles. The number of aromatic nitrogens is 3. The molecule has 1 N–H and O–H groups in total. The van der Waals surface area contributed by atoms with Gasteiger partial charge in [0.05, 0.1) is 39.7 Å². The van der Waals surface area contributed by atoms with Crippen LogP contribution >= 0.6 is 12.2 Å². The molecule has 33 heavy (non-hydrogen) atoms. The molecular formula is C22H12F4N4O2S. The molecule has 0 unspecified atom stereocenters. The highest BCUT2D eigenvalue weighted by atomic mass is 32.1. The van der Waals surface area contributed by atoms with E-state index in [1.165, 1.54) is 33.5 Å². The van der Waals surface area contributed by atoms with Crippen molar-refractivity contribution in [3.8, 4) is 17.4 Å². The first kappa shape index (κ1) is 22.2. The smallest absolute Gasteiger partial charge is 0.417 e. The van der Waals surface area contributed by atoms with Gasteiger partial charge in [-0.15, -0.1) is 0 Å². The number of alkyl halides is 3. The zero-order valence-corrected chi connectivity index (χ0v) is 17.5. The highest BCUT2D eigenvalue weighted by Crippen LogP contribution is 2.35. The molecule has 0 atom stereocenters. The van der Waals surface area contributed by atoms with E-state index < -0.39 is 34.7 Å². The van der Waals surface area contributed by atoms with Crippen LogP contribution in [0, 0.1) is 28.8 Å². The van der Waals surface area contributed by atoms with E-state index in [1.54, 1.807) is 13.0 Å². The fraction of sp³-hybridized carbons (Fsp3) is 0.0909. The maximum absolute atomic E-state index is 14.4. The molecule has 0 saturated heterocycles. The minimum atomic E-state index is -4.78. The van der Waals surface area contributed by atoms with Gasteiger partial charge in [0.1, 0.15) is 5.82 Å². The second-order valence-corrected chi connectivity index (χ2v) is 7.43. The zero-order chi connectivity index (χ0) is 24.1. The standard InChI is InChI=1S/C22H12F4N4O2S/c1-11-6-7-28-19-18(11)29(14-4-5-15(20(31)32)17(23)9-14)21(33)30(19)13-3-2-12(10-27)16(8-13)22(24,25)26/h2-9H,1H3,(H,31,32). The van der Waals surface area contributed by atoms with Crippen LogP contribution in [0.1, 0.15) is 27.0 Å². The lowest BCUT2D eigenvalue weighted by molar-refractivity contribution is -0.137. The summed E-state index contributed by atoms with van der Waals surface area (Å²) in [5, 5.41) is 18.2. The number of fused-ring (bicyclic) bond motifs is 1. The summed E-state index contributed by atoms with van der Waals surface area (Å²) in [6.45, 7) is 1.72. The number of aryl methyl sites for hydroxylation is 1. The van der Waals surface area contributed by atoms with Crippen molar-refractivity contribution in [2.75, 3.05) is 0 Å². The number of nitrogens with zero attached hydrogens (tertiary/aromatic N) is 4. The summed E-state index contributed by atoms with van der Waals surface area (Å²) >= 11 is 5.54. The first-order chi connectivity index (χ1) is 15.5. The van der Waals surface area contributed by atoms with Crippen LogP contribution in [0.15, 0.2) is 48.7 Å². The van der Waals surface area contributed by atoms with Crippen molar-refractivity contribution < 1.29 is 27.5 Å². The summed E-state index contributed by atoms with van der Waals surface area (Å²) in [4.78, 5) is 15.4. The average Bonchev–Trinajstić information content (AvgIpc) is 3.05. The Labute approximate surface area is 188 Å². The van der Waals surface area contributed by atoms with E-state index in [2.05, 4.69) is 4.98 Å². The van der Waals surface area contributed by atoms with Crippen LogP contribution in [0.4, 0.5) is 17.6 Å². The molecule has 2 aromatic heterocycles. The van der Waals surface area contributed by atoms with E-state index in [1.807, 2.05) is 0 Å². The number of nitriles is 1. The van der Waals surface area contributed by atoms with E-state index >= 15 is 0 Å². The van der Waals surface area contributed by atoms with Crippen molar-refractivity contribution in [1.82, 2.24) is 14.1 Å². The number of aromatic carboxylic acids is 1. The van der Waals surface area contributed by atoms with Gasteiger partial charge in [0.15, 0.2) is 10.4 Å². The van der Waals surface area contributed by atoms with Crippen LogP contribution in [0.25, 0.3) is 22.5 Å². The molecule has 0 aliphatic heterocycles. The normalized spacial score (nSPS) is 11.5. The molecule has 4 aromatic rings. The number of pyridine rings is 1. The monoisotopic (exact) mass is 472 g/mol. The average molecular weight is 472 g/mol. The summed E-state index contributed by atoms with van der Waals surface area (Å²) in [5.41, 5.74) is -0.763. The minimum absolute atomic E-state index is 0.0100. The molecule has 2 aromatic carbocycles. The van der Waals surface area contributed by atoms with Gasteiger partial charge in [0.25, 0.3) is 0 Å². The predicted octanol–water partition coefficient (Wildman–Crippen LogP) is 5.58. The molecule has 0 saturated carbocycles. The van der Waals surface area contributed by atoms with Crippen LogP contribution in [0.2, 0.25) is 0 Å². The molecule has 0 aliphatic rings. The number of benzene rings is 2. The summed E-state index contributed by atoms with van der Waals surface area (Å²) < 4.78 is 57.7. The largest absolute Gasteiger partial charge is 0.478 e. The lowest BCUT2D eigenvalue weighted by atomic mass is 10.1. The van der Waals surface area contributed by atoms with E-state index in [-0.39, 0.29) is 21.8 Å². The first-order valence-electron chi connectivity index (χ1n) is 9.28. The van der Waals surface area contributed by atoms with Gasteiger partial charge < -0.3 is 5.11 Å². The summed E-state index contributed by atoms with van der Waals surface area (Å²) in [6, 6.07) is 9.74. The SMILES string of the molecule is Cc1ccnc2c1n(-c1ccc(C(=O)O)c(F)c1)c(=S)n2-c1ccc(C#N)c(C(F)(F)F)c1. The Kier molecular flexibility index (Phi) is 5.26. The highest BCUT2D eigenvalue weighted by molar-refractivity contribution is 7.71. The van der Waals surface area contributed by atoms with Crippen molar-refractivity contribution in [2.45, 2.75) is 13.1 Å². The second-order valence-electron chi connectivity index (χ2n) is 7.06. The Balaban J connectivity index is 2.07. The molecule has 0 radical (unpaired) electrons. The van der Waals surface area contributed by atoms with Gasteiger partial charge in [-0.25, -0.2) is 14.2 Å². The number of carboxylic acid groups (broad SMARTS) is 1. The molecule has 6 nitrogen and oxygen atoms in total. The van der Waals surface area contributed by atoms with Gasteiger partial charge in [-0.05, 0) is 67.2 Å². The molecule has 11 heteroatoms. The first-order valence-corrected chi connectivity index (χ1v) is 9.69. The maximum atomic E-state index is 14.4. The van der Waals surface area contributed by atoms with Crippen LogP contribution in [-0.2, 0) is 6.18 Å². The van der Waals surface area contributed by atoms with Crippen LogP contribution in [0.5, 0.6) is 0 Å². The van der Waals surface area contributed by atoms with Crippen molar-refractivity contribution >= 4 is 29.4 Å². The highest BCUT2D eigenvalue weighted by Gasteiger charge is 2.34. The molecule has 0 aliphatic carbocycles. The van der Waals surface area contributed by atoms with Crippen molar-refractivity contribution in [3.63, 3.8) is 0 Å². The number of carboxylic acids is 1. The summed E-state index contributed by atoms with van der Waals surface area (Å²) in [5.74, 6) is -2.44. The van der Waals surface area contributed by atoms with Crippen LogP contribution in [0.3, 0.4) is 0 Å². The number of halogens is 4. The Morgan fingerprint density at radius 2 is 1.79 bits per heavy atom. The molecular weight excluding hydrogens is 460 g/mol. The Hall–Kier alpha value is -4.04. The molecule has 0 spiro atoms. The Morgan fingerprint density at radius 3 is 2.39 bits per heavy atom. The Bertz CT molecular complexity index is 1550. The quantitative estimate of drug-likeness (QED) is 0.311. The van der Waals surface area contributed by atoms with Gasteiger partial charge in [0.2, 0.25) is 0 Å². The van der Waals surface area contributed by atoms with E-state index in [9.17, 15) is 22.4 Å². The number of carbonyl (C=O) groups is 1.